The lowest BCUT2D eigenvalue weighted by Crippen LogP contribution is -2.37. The zero-order valence-electron chi connectivity index (χ0n) is 15.1. The van der Waals surface area contributed by atoms with Crippen molar-refractivity contribution in [2.24, 2.45) is 0 Å². The Morgan fingerprint density at radius 2 is 1.96 bits per heavy atom. The number of halogens is 3. The molecule has 1 unspecified atom stereocenters. The largest absolute Gasteiger partial charge is 0.508 e. The molecule has 0 radical (unpaired) electrons. The second-order valence-electron chi connectivity index (χ2n) is 6.80. The van der Waals surface area contributed by atoms with Gasteiger partial charge in [-0.05, 0) is 36.2 Å². The summed E-state index contributed by atoms with van der Waals surface area (Å²) in [6.07, 6.45) is -4.49. The van der Waals surface area contributed by atoms with Crippen LogP contribution in [0.1, 0.15) is 33.5 Å². The molecule has 2 N–H and O–H groups in total. The van der Waals surface area contributed by atoms with Crippen LogP contribution in [0.25, 0.3) is 0 Å². The predicted octanol–water partition coefficient (Wildman–Crippen LogP) is 3.25. The van der Waals surface area contributed by atoms with Crippen LogP contribution in [-0.4, -0.2) is 34.4 Å². The minimum atomic E-state index is -4.50. The number of aromatic hydroxyl groups is 1. The van der Waals surface area contributed by atoms with Gasteiger partial charge in [0.05, 0.1) is 11.6 Å². The highest BCUT2D eigenvalue weighted by Gasteiger charge is 2.36. The third kappa shape index (κ3) is 4.27. The predicted molar refractivity (Wildman–Crippen MR) is 95.6 cm³/mol. The fraction of sp³-hybridized carbons (Fsp3) is 0.300. The quantitative estimate of drug-likeness (QED) is 0.839. The summed E-state index contributed by atoms with van der Waals surface area (Å²) in [7, 11) is 0. The topological polar surface area (TPSA) is 69.6 Å². The van der Waals surface area contributed by atoms with E-state index in [1.807, 2.05) is 0 Å². The lowest BCUT2D eigenvalue weighted by molar-refractivity contribution is -0.139. The summed E-state index contributed by atoms with van der Waals surface area (Å²) in [4.78, 5) is 26.0. The van der Waals surface area contributed by atoms with E-state index in [1.165, 1.54) is 35.2 Å². The Morgan fingerprint density at radius 3 is 2.68 bits per heavy atom. The summed E-state index contributed by atoms with van der Waals surface area (Å²) < 4.78 is 39.4. The molecule has 1 aliphatic rings. The van der Waals surface area contributed by atoms with Crippen molar-refractivity contribution in [3.05, 3.63) is 64.7 Å². The van der Waals surface area contributed by atoms with Crippen molar-refractivity contribution < 1.29 is 27.9 Å². The normalized spacial score (nSPS) is 17.1. The molecule has 1 aliphatic heterocycles. The Kier molecular flexibility index (Phi) is 5.31. The Hall–Kier alpha value is -3.03. The van der Waals surface area contributed by atoms with E-state index in [0.717, 1.165) is 6.07 Å². The number of nitrogens with one attached hydrogen (secondary N) is 1. The van der Waals surface area contributed by atoms with E-state index in [4.69, 9.17) is 0 Å². The van der Waals surface area contributed by atoms with Crippen molar-refractivity contribution in [2.45, 2.75) is 32.1 Å². The molecule has 2 aromatic carbocycles. The molecule has 8 heteroatoms. The van der Waals surface area contributed by atoms with E-state index in [-0.39, 0.29) is 42.3 Å². The molecular formula is C20H19F3N2O3. The van der Waals surface area contributed by atoms with E-state index in [2.05, 4.69) is 5.32 Å². The first kappa shape index (κ1) is 19.7. The first-order chi connectivity index (χ1) is 13.1. The van der Waals surface area contributed by atoms with Crippen LogP contribution in [0.5, 0.6) is 5.75 Å². The van der Waals surface area contributed by atoms with Gasteiger partial charge in [-0.25, -0.2) is 0 Å². The number of amides is 2. The van der Waals surface area contributed by atoms with Crippen molar-refractivity contribution >= 4 is 11.8 Å². The number of likely N-dealkylation sites (tertiary alicyclic amines) is 1. The number of alkyl halides is 3. The van der Waals surface area contributed by atoms with Crippen LogP contribution in [0.4, 0.5) is 13.2 Å². The first-order valence-corrected chi connectivity index (χ1v) is 8.68. The van der Waals surface area contributed by atoms with E-state index in [1.54, 1.807) is 13.0 Å². The number of rotatable bonds is 4. The summed E-state index contributed by atoms with van der Waals surface area (Å²) in [6, 6.07) is 9.01. The molecule has 0 bridgehead atoms. The highest BCUT2D eigenvalue weighted by molar-refractivity contribution is 5.96. The molecule has 1 heterocycles. The van der Waals surface area contributed by atoms with E-state index < -0.39 is 23.7 Å². The van der Waals surface area contributed by atoms with E-state index in [0.29, 0.717) is 5.56 Å². The molecule has 28 heavy (non-hydrogen) atoms. The van der Waals surface area contributed by atoms with Gasteiger partial charge in [-0.3, -0.25) is 9.59 Å². The average molecular weight is 392 g/mol. The molecule has 1 fully saturated rings. The average Bonchev–Trinajstić information content (AvgIpc) is 2.95. The van der Waals surface area contributed by atoms with Gasteiger partial charge in [0.2, 0.25) is 5.91 Å². The summed E-state index contributed by atoms with van der Waals surface area (Å²) in [5, 5.41) is 12.3. The fourth-order valence-electron chi connectivity index (χ4n) is 3.28. The van der Waals surface area contributed by atoms with Gasteiger partial charge in [0.1, 0.15) is 5.75 Å². The highest BCUT2D eigenvalue weighted by atomic mass is 19.4. The maximum absolute atomic E-state index is 13.1. The number of aryl methyl sites for hydroxylation is 1. The Labute approximate surface area is 159 Å². The fourth-order valence-corrected chi connectivity index (χ4v) is 3.28. The molecule has 1 saturated heterocycles. The zero-order chi connectivity index (χ0) is 20.5. The van der Waals surface area contributed by atoms with Crippen molar-refractivity contribution in [1.29, 1.82) is 0 Å². The van der Waals surface area contributed by atoms with Gasteiger partial charge in [-0.2, -0.15) is 13.2 Å². The Balaban J connectivity index is 1.69. The second-order valence-corrected chi connectivity index (χ2v) is 6.80. The number of hydrogen-bond acceptors (Lipinski definition) is 3. The Morgan fingerprint density at radius 1 is 1.25 bits per heavy atom. The van der Waals surface area contributed by atoms with Crippen molar-refractivity contribution in [1.82, 2.24) is 10.2 Å². The molecular weight excluding hydrogens is 373 g/mol. The first-order valence-electron chi connectivity index (χ1n) is 8.68. The maximum Gasteiger partial charge on any atom is 0.416 e. The van der Waals surface area contributed by atoms with Gasteiger partial charge < -0.3 is 15.3 Å². The summed E-state index contributed by atoms with van der Waals surface area (Å²) in [6.45, 7) is 1.66. The number of phenolic OH excluding ortho intramolecular Hbond substituents is 1. The second kappa shape index (κ2) is 7.53. The number of carbonyl (C=O) groups excluding carboxylic acids is 2. The number of hydrogen-bond donors (Lipinski definition) is 2. The van der Waals surface area contributed by atoms with Crippen molar-refractivity contribution in [2.75, 3.05) is 6.54 Å². The van der Waals surface area contributed by atoms with Gasteiger partial charge in [0.25, 0.3) is 5.91 Å². The van der Waals surface area contributed by atoms with Crippen LogP contribution in [0, 0.1) is 6.92 Å². The van der Waals surface area contributed by atoms with Crippen LogP contribution in [0.15, 0.2) is 42.5 Å². The number of nitrogens with zero attached hydrogens (tertiary/aromatic N) is 1. The SMILES string of the molecule is Cc1ccc(O)cc1C(=O)NC1CC(=O)N(Cc2ccccc2C(F)(F)F)C1. The lowest BCUT2D eigenvalue weighted by Gasteiger charge is -2.20. The molecule has 0 spiro atoms. The van der Waals surface area contributed by atoms with Gasteiger partial charge in [0, 0.05) is 25.1 Å². The summed E-state index contributed by atoms with van der Waals surface area (Å²) >= 11 is 0. The minimum Gasteiger partial charge on any atom is -0.508 e. The summed E-state index contributed by atoms with van der Waals surface area (Å²) in [5.41, 5.74) is 0.189. The number of carbonyl (C=O) groups is 2. The van der Waals surface area contributed by atoms with Crippen LogP contribution in [0.2, 0.25) is 0 Å². The van der Waals surface area contributed by atoms with Gasteiger partial charge in [0.15, 0.2) is 0 Å². The van der Waals surface area contributed by atoms with Crippen LogP contribution in [0.3, 0.4) is 0 Å². The third-order valence-corrected chi connectivity index (χ3v) is 4.70. The van der Waals surface area contributed by atoms with E-state index in [9.17, 15) is 27.9 Å². The molecule has 2 aromatic rings. The molecule has 2 amide bonds. The molecule has 3 rings (SSSR count). The van der Waals surface area contributed by atoms with Crippen molar-refractivity contribution in [3.8, 4) is 5.75 Å². The number of phenols is 1. The monoisotopic (exact) mass is 392 g/mol. The van der Waals surface area contributed by atoms with Gasteiger partial charge in [-0.15, -0.1) is 0 Å². The highest BCUT2D eigenvalue weighted by Crippen LogP contribution is 2.33. The standard InChI is InChI=1S/C20H19F3N2O3/c1-12-6-7-15(26)9-16(12)19(28)24-14-8-18(27)25(11-14)10-13-4-2-3-5-17(13)20(21,22)23/h2-7,9,14,26H,8,10-11H2,1H3,(H,24,28). The van der Waals surface area contributed by atoms with Crippen LogP contribution in [-0.2, 0) is 17.5 Å². The molecule has 1 atom stereocenters. The van der Waals surface area contributed by atoms with Crippen LogP contribution >= 0.6 is 0 Å². The molecule has 5 nitrogen and oxygen atoms in total. The summed E-state index contributed by atoms with van der Waals surface area (Å²) in [5.74, 6) is -0.817. The lowest BCUT2D eigenvalue weighted by atomic mass is 10.1. The van der Waals surface area contributed by atoms with Crippen molar-refractivity contribution in [3.63, 3.8) is 0 Å². The molecule has 0 aromatic heterocycles. The minimum absolute atomic E-state index is 0.0117. The van der Waals surface area contributed by atoms with Gasteiger partial charge in [-0.1, -0.05) is 24.3 Å². The Bertz CT molecular complexity index is 912. The zero-order valence-corrected chi connectivity index (χ0v) is 15.1. The van der Waals surface area contributed by atoms with E-state index >= 15 is 0 Å². The van der Waals surface area contributed by atoms with Gasteiger partial charge >= 0.3 is 6.18 Å². The third-order valence-electron chi connectivity index (χ3n) is 4.70. The smallest absolute Gasteiger partial charge is 0.416 e. The maximum atomic E-state index is 13.1. The number of benzene rings is 2. The molecule has 148 valence electrons. The molecule has 0 aliphatic carbocycles. The van der Waals surface area contributed by atoms with Crippen LogP contribution < -0.4 is 5.32 Å². The molecule has 0 saturated carbocycles.